The summed E-state index contributed by atoms with van der Waals surface area (Å²) in [6, 6.07) is 6.63. The van der Waals surface area contributed by atoms with Crippen molar-refractivity contribution in [3.63, 3.8) is 0 Å². The number of anilines is 1. The number of carbonyl (C=O) groups is 1. The highest BCUT2D eigenvalue weighted by Crippen LogP contribution is 2.35. The van der Waals surface area contributed by atoms with Gasteiger partial charge < -0.3 is 9.80 Å². The van der Waals surface area contributed by atoms with E-state index >= 15 is 0 Å². The van der Waals surface area contributed by atoms with Crippen molar-refractivity contribution >= 4 is 23.3 Å². The number of halogens is 6. The van der Waals surface area contributed by atoms with Crippen LogP contribution >= 0.6 is 11.6 Å². The molecule has 0 radical (unpaired) electrons. The van der Waals surface area contributed by atoms with Crippen LogP contribution in [0.3, 0.4) is 0 Å². The molecule has 0 saturated carbocycles. The molecule has 1 fully saturated rings. The fourth-order valence-corrected chi connectivity index (χ4v) is 4.38. The molecule has 1 aromatic carbocycles. The predicted molar refractivity (Wildman–Crippen MR) is 133 cm³/mol. The van der Waals surface area contributed by atoms with Gasteiger partial charge in [0.05, 0.1) is 22.5 Å². The fraction of sp³-hybridized carbons (Fsp3) is 0.192. The smallest absolute Gasteiger partial charge is 0.352 e. The lowest BCUT2D eigenvalue weighted by atomic mass is 10.0. The Kier molecular flexibility index (Phi) is 7.13. The molecular formula is C26H18ClF5N6O. The van der Waals surface area contributed by atoms with E-state index in [0.29, 0.717) is 24.5 Å². The molecule has 0 N–H and O–H groups in total. The first-order valence-electron chi connectivity index (χ1n) is 11.6. The number of piperazine rings is 1. The molecule has 0 unspecified atom stereocenters. The van der Waals surface area contributed by atoms with Gasteiger partial charge in [0, 0.05) is 62.0 Å². The van der Waals surface area contributed by atoms with Gasteiger partial charge in [-0.05, 0) is 30.3 Å². The Morgan fingerprint density at radius 3 is 2.28 bits per heavy atom. The molecule has 13 heteroatoms. The highest BCUT2D eigenvalue weighted by Gasteiger charge is 2.33. The lowest BCUT2D eigenvalue weighted by Crippen LogP contribution is -2.49. The molecule has 4 heterocycles. The summed E-state index contributed by atoms with van der Waals surface area (Å²) in [5, 5.41) is 0.258. The van der Waals surface area contributed by atoms with E-state index in [4.69, 9.17) is 16.6 Å². The number of pyridine rings is 2. The van der Waals surface area contributed by atoms with E-state index in [-0.39, 0.29) is 40.6 Å². The van der Waals surface area contributed by atoms with Gasteiger partial charge in [0.15, 0.2) is 0 Å². The third-order valence-corrected chi connectivity index (χ3v) is 6.47. The number of carbonyl (C=O) groups excluding carboxylic acids is 1. The Bertz CT molecular complexity index is 1520. The molecule has 4 aromatic rings. The average molecular weight is 561 g/mol. The van der Waals surface area contributed by atoms with Gasteiger partial charge in [-0.15, -0.1) is 0 Å². The molecule has 3 aromatic heterocycles. The Morgan fingerprint density at radius 1 is 0.872 bits per heavy atom. The molecule has 200 valence electrons. The lowest BCUT2D eigenvalue weighted by Gasteiger charge is -2.35. The number of benzene rings is 1. The summed E-state index contributed by atoms with van der Waals surface area (Å²) in [4.78, 5) is 32.6. The summed E-state index contributed by atoms with van der Waals surface area (Å²) in [6.45, 7) is 1.23. The minimum Gasteiger partial charge on any atom is -0.352 e. The minimum absolute atomic E-state index is 0.0406. The van der Waals surface area contributed by atoms with Gasteiger partial charge in [0.2, 0.25) is 0 Å². The van der Waals surface area contributed by atoms with Crippen molar-refractivity contribution in [3.8, 4) is 22.5 Å². The second-order valence-electron chi connectivity index (χ2n) is 8.61. The number of amides is 1. The summed E-state index contributed by atoms with van der Waals surface area (Å²) < 4.78 is 66.5. The van der Waals surface area contributed by atoms with Gasteiger partial charge in [0.1, 0.15) is 28.8 Å². The minimum atomic E-state index is -4.59. The van der Waals surface area contributed by atoms with E-state index in [0.717, 1.165) is 30.5 Å². The second-order valence-corrected chi connectivity index (χ2v) is 9.02. The second kappa shape index (κ2) is 10.5. The zero-order valence-electron chi connectivity index (χ0n) is 20.0. The summed E-state index contributed by atoms with van der Waals surface area (Å²) >= 11 is 6.36. The van der Waals surface area contributed by atoms with Crippen LogP contribution in [-0.2, 0) is 6.18 Å². The number of hydrogen-bond acceptors (Lipinski definition) is 6. The molecule has 1 aliphatic rings. The maximum absolute atomic E-state index is 14.7. The van der Waals surface area contributed by atoms with E-state index < -0.39 is 29.4 Å². The van der Waals surface area contributed by atoms with Crippen molar-refractivity contribution < 1.29 is 26.7 Å². The monoisotopic (exact) mass is 560 g/mol. The number of rotatable bonds is 4. The van der Waals surface area contributed by atoms with Crippen LogP contribution in [0.25, 0.3) is 22.5 Å². The lowest BCUT2D eigenvalue weighted by molar-refractivity contribution is -0.141. The van der Waals surface area contributed by atoms with Crippen LogP contribution in [0, 0.1) is 11.6 Å². The molecule has 7 nitrogen and oxygen atoms in total. The summed E-state index contributed by atoms with van der Waals surface area (Å²) in [5.41, 5.74) is -0.108. The molecular weight excluding hydrogens is 543 g/mol. The summed E-state index contributed by atoms with van der Waals surface area (Å²) in [7, 11) is 0. The molecule has 5 rings (SSSR count). The molecule has 39 heavy (non-hydrogen) atoms. The van der Waals surface area contributed by atoms with E-state index in [1.807, 2.05) is 4.90 Å². The molecule has 0 spiro atoms. The van der Waals surface area contributed by atoms with Crippen LogP contribution in [0.4, 0.5) is 27.8 Å². The van der Waals surface area contributed by atoms with Gasteiger partial charge in [0.25, 0.3) is 5.91 Å². The highest BCUT2D eigenvalue weighted by atomic mass is 35.5. The van der Waals surface area contributed by atoms with Crippen molar-refractivity contribution in [2.75, 3.05) is 31.1 Å². The van der Waals surface area contributed by atoms with Gasteiger partial charge in [-0.2, -0.15) is 13.2 Å². The first-order chi connectivity index (χ1) is 18.6. The van der Waals surface area contributed by atoms with E-state index in [2.05, 4.69) is 15.0 Å². The maximum atomic E-state index is 14.7. The number of hydrogen-bond donors (Lipinski definition) is 0. The van der Waals surface area contributed by atoms with Crippen LogP contribution in [0.5, 0.6) is 0 Å². The van der Waals surface area contributed by atoms with E-state index in [9.17, 15) is 26.7 Å². The average Bonchev–Trinajstić information content (AvgIpc) is 2.92. The third kappa shape index (κ3) is 5.51. The highest BCUT2D eigenvalue weighted by molar-refractivity contribution is 6.33. The molecule has 1 saturated heterocycles. The van der Waals surface area contributed by atoms with Crippen molar-refractivity contribution in [3.05, 3.63) is 89.1 Å². The quantitative estimate of drug-likeness (QED) is 0.306. The topological polar surface area (TPSA) is 75.1 Å². The van der Waals surface area contributed by atoms with Crippen LogP contribution in [0.1, 0.15) is 16.1 Å². The van der Waals surface area contributed by atoms with Crippen molar-refractivity contribution in [1.82, 2.24) is 24.8 Å². The van der Waals surface area contributed by atoms with Gasteiger partial charge in [-0.1, -0.05) is 11.6 Å². The number of nitrogens with zero attached hydrogens (tertiary/aromatic N) is 6. The normalized spacial score (nSPS) is 14.0. The zero-order valence-corrected chi connectivity index (χ0v) is 20.7. The third-order valence-electron chi connectivity index (χ3n) is 6.17. The first-order valence-corrected chi connectivity index (χ1v) is 12.0. The molecule has 0 bridgehead atoms. The largest absolute Gasteiger partial charge is 0.433 e. The van der Waals surface area contributed by atoms with Gasteiger partial charge in [-0.25, -0.2) is 18.7 Å². The maximum Gasteiger partial charge on any atom is 0.433 e. The predicted octanol–water partition coefficient (Wildman–Crippen LogP) is 5.51. The zero-order chi connectivity index (χ0) is 27.7. The Hall–Kier alpha value is -4.19. The fourth-order valence-electron chi connectivity index (χ4n) is 4.18. The van der Waals surface area contributed by atoms with Gasteiger partial charge >= 0.3 is 6.18 Å². The molecule has 1 aliphatic heterocycles. The van der Waals surface area contributed by atoms with Gasteiger partial charge in [-0.3, -0.25) is 14.8 Å². The van der Waals surface area contributed by atoms with E-state index in [1.54, 1.807) is 6.07 Å². The van der Waals surface area contributed by atoms with Crippen LogP contribution < -0.4 is 4.90 Å². The Balaban J connectivity index is 1.39. The van der Waals surface area contributed by atoms with Crippen molar-refractivity contribution in [2.24, 2.45) is 0 Å². The van der Waals surface area contributed by atoms with Crippen LogP contribution in [-0.4, -0.2) is 56.9 Å². The molecule has 0 atom stereocenters. The summed E-state index contributed by atoms with van der Waals surface area (Å²) in [5.74, 6) is -1.54. The standard InChI is InChI=1S/C26H18ClF5N6O/c27-19-13-33-6-5-17(19)24-23(18-3-2-16(28)11-20(18)29)35-14-22(36-24)37-7-9-38(10-8-37)25(39)15-1-4-21(34-12-15)26(30,31)32/h1-6,11-14H,7-10H2. The molecule has 1 amide bonds. The van der Waals surface area contributed by atoms with Crippen LogP contribution in [0.15, 0.2) is 61.2 Å². The molecule has 0 aliphatic carbocycles. The Morgan fingerprint density at radius 2 is 1.64 bits per heavy atom. The van der Waals surface area contributed by atoms with Crippen molar-refractivity contribution in [2.45, 2.75) is 6.18 Å². The number of alkyl halides is 3. The van der Waals surface area contributed by atoms with E-state index in [1.165, 1.54) is 29.6 Å². The Labute approximate surface area is 223 Å². The number of aromatic nitrogens is 4. The SMILES string of the molecule is O=C(c1ccc(C(F)(F)F)nc1)N1CCN(c2cnc(-c3ccc(F)cc3F)c(-c3ccncc3Cl)n2)CC1. The van der Waals surface area contributed by atoms with Crippen LogP contribution in [0.2, 0.25) is 5.02 Å². The van der Waals surface area contributed by atoms with Crippen molar-refractivity contribution in [1.29, 1.82) is 0 Å². The summed E-state index contributed by atoms with van der Waals surface area (Å²) in [6.07, 6.45) is 0.692. The first kappa shape index (κ1) is 26.4.